The summed E-state index contributed by atoms with van der Waals surface area (Å²) in [6, 6.07) is 10.2. The minimum atomic E-state index is -0.357. The van der Waals surface area contributed by atoms with E-state index in [1.165, 1.54) is 5.56 Å². The normalized spacial score (nSPS) is 21.2. The number of rotatable bonds is 8. The van der Waals surface area contributed by atoms with Crippen molar-refractivity contribution in [1.29, 1.82) is 0 Å². The zero-order valence-electron chi connectivity index (χ0n) is 12.6. The Morgan fingerprint density at radius 3 is 2.50 bits per heavy atom. The van der Waals surface area contributed by atoms with Crippen molar-refractivity contribution in [1.82, 2.24) is 0 Å². The smallest absolute Gasteiger partial charge is 0.169 e. The van der Waals surface area contributed by atoms with Gasteiger partial charge in [0.25, 0.3) is 0 Å². The van der Waals surface area contributed by atoms with Crippen LogP contribution in [0.5, 0.6) is 0 Å². The van der Waals surface area contributed by atoms with Gasteiger partial charge in [-0.2, -0.15) is 0 Å². The average molecular weight is 278 g/mol. The summed E-state index contributed by atoms with van der Waals surface area (Å²) in [6.45, 7) is 6.22. The van der Waals surface area contributed by atoms with Crippen LogP contribution in [0.25, 0.3) is 0 Å². The lowest BCUT2D eigenvalue weighted by molar-refractivity contribution is -0.183. The molecule has 0 amide bonds. The SMILES string of the molecule is CCCC1(CCC)OCC(COCc2ccccc2)O1. The largest absolute Gasteiger partial charge is 0.374 e. The highest BCUT2D eigenvalue weighted by Gasteiger charge is 2.39. The van der Waals surface area contributed by atoms with Crippen molar-refractivity contribution in [2.75, 3.05) is 13.2 Å². The number of ether oxygens (including phenoxy) is 3. The van der Waals surface area contributed by atoms with Gasteiger partial charge in [-0.1, -0.05) is 57.0 Å². The van der Waals surface area contributed by atoms with Gasteiger partial charge < -0.3 is 14.2 Å². The van der Waals surface area contributed by atoms with E-state index >= 15 is 0 Å². The molecule has 1 aromatic carbocycles. The van der Waals surface area contributed by atoms with E-state index in [0.717, 1.165) is 25.7 Å². The first-order valence-corrected chi connectivity index (χ1v) is 7.71. The molecule has 0 aromatic heterocycles. The van der Waals surface area contributed by atoms with Crippen LogP contribution in [-0.4, -0.2) is 25.1 Å². The molecule has 1 saturated heterocycles. The lowest BCUT2D eigenvalue weighted by atomic mass is 10.1. The second-order valence-corrected chi connectivity index (χ2v) is 5.46. The molecule has 0 aliphatic carbocycles. The van der Waals surface area contributed by atoms with Gasteiger partial charge in [0.2, 0.25) is 0 Å². The topological polar surface area (TPSA) is 27.7 Å². The van der Waals surface area contributed by atoms with Crippen LogP contribution < -0.4 is 0 Å². The molecule has 20 heavy (non-hydrogen) atoms. The predicted octanol–water partition coefficient (Wildman–Crippen LogP) is 3.92. The van der Waals surface area contributed by atoms with E-state index in [4.69, 9.17) is 14.2 Å². The van der Waals surface area contributed by atoms with Crippen LogP contribution in [-0.2, 0) is 20.8 Å². The zero-order valence-corrected chi connectivity index (χ0v) is 12.6. The van der Waals surface area contributed by atoms with Crippen molar-refractivity contribution < 1.29 is 14.2 Å². The molecule has 3 heteroatoms. The summed E-state index contributed by atoms with van der Waals surface area (Å²) in [5, 5.41) is 0. The van der Waals surface area contributed by atoms with E-state index in [0.29, 0.717) is 19.8 Å². The average Bonchev–Trinajstić information content (AvgIpc) is 2.84. The van der Waals surface area contributed by atoms with Crippen LogP contribution in [0.15, 0.2) is 30.3 Å². The summed E-state index contributed by atoms with van der Waals surface area (Å²) in [5.74, 6) is -0.357. The molecule has 2 rings (SSSR count). The van der Waals surface area contributed by atoms with Crippen LogP contribution in [0.4, 0.5) is 0 Å². The van der Waals surface area contributed by atoms with E-state index in [2.05, 4.69) is 26.0 Å². The monoisotopic (exact) mass is 278 g/mol. The Labute approximate surface area is 122 Å². The summed E-state index contributed by atoms with van der Waals surface area (Å²) in [7, 11) is 0. The fourth-order valence-corrected chi connectivity index (χ4v) is 2.73. The molecule has 1 heterocycles. The Balaban J connectivity index is 1.75. The van der Waals surface area contributed by atoms with Crippen LogP contribution in [0.1, 0.15) is 45.1 Å². The van der Waals surface area contributed by atoms with Gasteiger partial charge >= 0.3 is 0 Å². The van der Waals surface area contributed by atoms with Crippen LogP contribution >= 0.6 is 0 Å². The first-order chi connectivity index (χ1) is 9.78. The summed E-state index contributed by atoms with van der Waals surface area (Å²) >= 11 is 0. The zero-order chi connectivity index (χ0) is 14.3. The van der Waals surface area contributed by atoms with Crippen molar-refractivity contribution in [3.8, 4) is 0 Å². The van der Waals surface area contributed by atoms with Gasteiger partial charge in [0.05, 0.1) is 19.8 Å². The van der Waals surface area contributed by atoms with Gasteiger partial charge in [0.1, 0.15) is 6.10 Å². The highest BCUT2D eigenvalue weighted by Crippen LogP contribution is 2.33. The van der Waals surface area contributed by atoms with Gasteiger partial charge in [-0.15, -0.1) is 0 Å². The molecule has 1 aromatic rings. The minimum Gasteiger partial charge on any atom is -0.374 e. The van der Waals surface area contributed by atoms with Crippen LogP contribution in [0.2, 0.25) is 0 Å². The lowest BCUT2D eigenvalue weighted by Gasteiger charge is -2.27. The molecule has 1 unspecified atom stereocenters. The summed E-state index contributed by atoms with van der Waals surface area (Å²) < 4.78 is 17.8. The van der Waals surface area contributed by atoms with E-state index < -0.39 is 0 Å². The third-order valence-corrected chi connectivity index (χ3v) is 3.59. The molecular formula is C17H26O3. The predicted molar refractivity (Wildman–Crippen MR) is 79.5 cm³/mol. The van der Waals surface area contributed by atoms with Crippen molar-refractivity contribution in [3.63, 3.8) is 0 Å². The van der Waals surface area contributed by atoms with E-state index in [-0.39, 0.29) is 11.9 Å². The third kappa shape index (κ3) is 4.30. The molecule has 3 nitrogen and oxygen atoms in total. The molecule has 0 bridgehead atoms. The van der Waals surface area contributed by atoms with E-state index in [9.17, 15) is 0 Å². The van der Waals surface area contributed by atoms with E-state index in [1.807, 2.05) is 18.2 Å². The highest BCUT2D eigenvalue weighted by molar-refractivity contribution is 5.13. The standard InChI is InChI=1S/C17H26O3/c1-3-10-17(11-4-2)19-14-16(20-17)13-18-12-15-8-6-5-7-9-15/h5-9,16H,3-4,10-14H2,1-2H3. The Morgan fingerprint density at radius 1 is 1.15 bits per heavy atom. The second kappa shape index (κ2) is 7.77. The van der Waals surface area contributed by atoms with Crippen molar-refractivity contribution >= 4 is 0 Å². The maximum Gasteiger partial charge on any atom is 0.169 e. The summed E-state index contributed by atoms with van der Waals surface area (Å²) in [6.07, 6.45) is 4.16. The third-order valence-electron chi connectivity index (χ3n) is 3.59. The van der Waals surface area contributed by atoms with Crippen LogP contribution in [0, 0.1) is 0 Å². The molecule has 1 aliphatic heterocycles. The van der Waals surface area contributed by atoms with Crippen molar-refractivity contribution in [3.05, 3.63) is 35.9 Å². The second-order valence-electron chi connectivity index (χ2n) is 5.46. The van der Waals surface area contributed by atoms with Crippen molar-refractivity contribution in [2.45, 2.75) is 58.0 Å². The number of benzene rings is 1. The Hall–Kier alpha value is -0.900. The molecule has 112 valence electrons. The van der Waals surface area contributed by atoms with Gasteiger partial charge in [0, 0.05) is 12.8 Å². The first-order valence-electron chi connectivity index (χ1n) is 7.71. The van der Waals surface area contributed by atoms with Gasteiger partial charge in [-0.25, -0.2) is 0 Å². The number of hydrogen-bond acceptors (Lipinski definition) is 3. The highest BCUT2D eigenvalue weighted by atomic mass is 16.7. The first kappa shape index (κ1) is 15.5. The maximum absolute atomic E-state index is 6.12. The fourth-order valence-electron chi connectivity index (χ4n) is 2.73. The Bertz CT molecular complexity index is 371. The molecule has 1 atom stereocenters. The minimum absolute atomic E-state index is 0.0665. The maximum atomic E-state index is 6.12. The van der Waals surface area contributed by atoms with Crippen molar-refractivity contribution in [2.24, 2.45) is 0 Å². The lowest BCUT2D eigenvalue weighted by Crippen LogP contribution is -2.31. The molecule has 1 fully saturated rings. The van der Waals surface area contributed by atoms with Gasteiger partial charge in [-0.05, 0) is 5.56 Å². The summed E-state index contributed by atoms with van der Waals surface area (Å²) in [5.41, 5.74) is 1.19. The quantitative estimate of drug-likeness (QED) is 0.721. The molecule has 0 spiro atoms. The van der Waals surface area contributed by atoms with E-state index in [1.54, 1.807) is 0 Å². The molecule has 0 radical (unpaired) electrons. The molecule has 1 aliphatic rings. The number of hydrogen-bond donors (Lipinski definition) is 0. The molecule has 0 saturated carbocycles. The summed E-state index contributed by atoms with van der Waals surface area (Å²) in [4.78, 5) is 0. The molecular weight excluding hydrogens is 252 g/mol. The Kier molecular flexibility index (Phi) is 6.02. The van der Waals surface area contributed by atoms with Gasteiger partial charge in [-0.3, -0.25) is 0 Å². The van der Waals surface area contributed by atoms with Gasteiger partial charge in [0.15, 0.2) is 5.79 Å². The molecule has 0 N–H and O–H groups in total. The fraction of sp³-hybridized carbons (Fsp3) is 0.647. The Morgan fingerprint density at radius 2 is 1.85 bits per heavy atom. The van der Waals surface area contributed by atoms with Crippen LogP contribution in [0.3, 0.4) is 0 Å².